The predicted octanol–water partition coefficient (Wildman–Crippen LogP) is 6.94. The first-order valence-electron chi connectivity index (χ1n) is 27.5. The van der Waals surface area contributed by atoms with Gasteiger partial charge in [0.15, 0.2) is 5.82 Å². The van der Waals surface area contributed by atoms with Gasteiger partial charge >= 0.3 is 0 Å². The Morgan fingerprint density at radius 1 is 0.819 bits per heavy atom. The summed E-state index contributed by atoms with van der Waals surface area (Å²) in [5.74, 6) is 1.36. The fraction of sp³-hybridized carbons (Fsp3) is 0.607. The van der Waals surface area contributed by atoms with Crippen LogP contribution >= 0.6 is 0 Å². The zero-order valence-corrected chi connectivity index (χ0v) is 42.2. The van der Waals surface area contributed by atoms with Gasteiger partial charge in [-0.15, -0.1) is 0 Å². The molecule has 2 atom stereocenters. The monoisotopic (exact) mass is 978 g/mol. The number of hydrogen-bond donors (Lipinski definition) is 2. The first kappa shape index (κ1) is 47.1. The average Bonchev–Trinajstić information content (AvgIpc) is 4.05. The number of likely N-dealkylation sites (tertiary alicyclic amines) is 3. The molecule has 8 aliphatic rings. The molecule has 6 aliphatic heterocycles. The second kappa shape index (κ2) is 19.2. The van der Waals surface area contributed by atoms with Crippen molar-refractivity contribution in [3.8, 4) is 11.3 Å². The first-order chi connectivity index (χ1) is 35.0. The second-order valence-electron chi connectivity index (χ2n) is 22.8. The molecule has 1 spiro atoms. The van der Waals surface area contributed by atoms with E-state index in [2.05, 4.69) is 73.0 Å². The number of hydrogen-bond acceptors (Lipinski definition) is 11. The summed E-state index contributed by atoms with van der Waals surface area (Å²) in [5, 5.41) is 6.14. The van der Waals surface area contributed by atoms with Crippen molar-refractivity contribution < 1.29 is 24.0 Å². The third kappa shape index (κ3) is 8.82. The van der Waals surface area contributed by atoms with E-state index < -0.39 is 5.41 Å². The molecule has 5 saturated heterocycles. The highest BCUT2D eigenvalue weighted by atomic mass is 16.2. The van der Waals surface area contributed by atoms with Gasteiger partial charge in [0.1, 0.15) is 11.3 Å². The maximum absolute atomic E-state index is 15.3. The third-order valence-electron chi connectivity index (χ3n) is 17.9. The van der Waals surface area contributed by atoms with Crippen molar-refractivity contribution >= 4 is 57.9 Å². The third-order valence-corrected chi connectivity index (χ3v) is 17.9. The quantitative estimate of drug-likeness (QED) is 0.150. The number of rotatable bonds is 11. The van der Waals surface area contributed by atoms with Gasteiger partial charge in [-0.05, 0) is 146 Å². The molecule has 3 aromatic heterocycles. The van der Waals surface area contributed by atoms with Crippen LogP contribution in [-0.2, 0) is 29.4 Å². The Bertz CT molecular complexity index is 2740. The lowest BCUT2D eigenvalue weighted by Gasteiger charge is -2.48. The molecule has 7 fully saturated rings. The number of anilines is 3. The number of piperidine rings is 5. The summed E-state index contributed by atoms with van der Waals surface area (Å²) in [5.41, 5.74) is 6.02. The molecule has 4 aromatic rings. The molecule has 1 unspecified atom stereocenters. The highest BCUT2D eigenvalue weighted by Crippen LogP contribution is 2.52. The van der Waals surface area contributed by atoms with Crippen LogP contribution in [0.15, 0.2) is 48.9 Å². The Hall–Kier alpha value is -5.90. The Morgan fingerprint density at radius 3 is 2.33 bits per heavy atom. The molecule has 16 nitrogen and oxygen atoms in total. The number of nitrogens with one attached hydrogen (secondary N) is 2. The van der Waals surface area contributed by atoms with E-state index in [4.69, 9.17) is 9.97 Å². The van der Waals surface area contributed by atoms with E-state index in [1.807, 2.05) is 28.3 Å². The van der Waals surface area contributed by atoms with Crippen LogP contribution in [-0.4, -0.2) is 134 Å². The molecule has 2 saturated carbocycles. The fourth-order valence-corrected chi connectivity index (χ4v) is 13.4. The number of nitrogens with zero attached hydrogens (tertiary/aromatic N) is 9. The lowest BCUT2D eigenvalue weighted by Crippen LogP contribution is -2.58. The molecule has 12 rings (SSSR count). The molecule has 5 amide bonds. The Kier molecular flexibility index (Phi) is 12.6. The summed E-state index contributed by atoms with van der Waals surface area (Å²) in [6.07, 6.45) is 17.6. The molecule has 2 N–H and O–H groups in total. The van der Waals surface area contributed by atoms with Crippen molar-refractivity contribution in [3.63, 3.8) is 0 Å². The van der Waals surface area contributed by atoms with Gasteiger partial charge in [0.25, 0.3) is 0 Å². The van der Waals surface area contributed by atoms with Crippen LogP contribution in [0.3, 0.4) is 0 Å². The topological polar surface area (TPSA) is 169 Å². The molecule has 2 aliphatic carbocycles. The highest BCUT2D eigenvalue weighted by Gasteiger charge is 2.56. The second-order valence-corrected chi connectivity index (χ2v) is 22.8. The Morgan fingerprint density at radius 2 is 1.61 bits per heavy atom. The van der Waals surface area contributed by atoms with E-state index in [1.54, 1.807) is 6.20 Å². The lowest BCUT2D eigenvalue weighted by atomic mass is 9.73. The van der Waals surface area contributed by atoms with Crippen molar-refractivity contribution in [1.82, 2.24) is 39.5 Å². The van der Waals surface area contributed by atoms with Gasteiger partial charge in [0.2, 0.25) is 29.5 Å². The molecular weight excluding hydrogens is 907 g/mol. The molecule has 0 bridgehead atoms. The molecule has 380 valence electrons. The van der Waals surface area contributed by atoms with Crippen LogP contribution in [0, 0.1) is 11.8 Å². The van der Waals surface area contributed by atoms with Crippen LogP contribution in [0.25, 0.3) is 22.3 Å². The minimum atomic E-state index is -0.688. The standard InChI is InChI=1S/C56H71N11O5/c1-35(2)66-34-58-46-31-45(60-52(51(46)66)59-40-10-11-40)37-8-13-44-47(28-37)67(42-29-41(30-42)62-20-4-3-5-21-62)55(72)56(44)18-25-64(26-19-56)54(71)39-7-6-22-65(33-39)50(69)27-36-16-23-63(24-17-36)48-14-9-38(32-57-48)43-12-15-49(68)61-53(43)70/h8-9,13-14,28,31-32,34-36,39-43H,3-7,10-12,15-27,29-30,33H2,1-2H3,(H,59,60)(H,61,68,70)/t39-,41-,42+,43?/m0/s1. The zero-order chi connectivity index (χ0) is 49.3. The maximum Gasteiger partial charge on any atom is 0.238 e. The highest BCUT2D eigenvalue weighted by molar-refractivity contribution is 6.09. The largest absolute Gasteiger partial charge is 0.366 e. The summed E-state index contributed by atoms with van der Waals surface area (Å²) in [6, 6.07) is 13.9. The number of fused-ring (bicyclic) bond motifs is 3. The van der Waals surface area contributed by atoms with Crippen LogP contribution in [0.5, 0.6) is 0 Å². The Labute approximate surface area is 422 Å². The van der Waals surface area contributed by atoms with Gasteiger partial charge in [-0.1, -0.05) is 24.6 Å². The van der Waals surface area contributed by atoms with Crippen molar-refractivity contribution in [2.24, 2.45) is 11.8 Å². The van der Waals surface area contributed by atoms with Gasteiger partial charge < -0.3 is 34.4 Å². The van der Waals surface area contributed by atoms with E-state index in [0.717, 1.165) is 128 Å². The van der Waals surface area contributed by atoms with Crippen molar-refractivity contribution in [3.05, 3.63) is 60.0 Å². The smallest absolute Gasteiger partial charge is 0.238 e. The van der Waals surface area contributed by atoms with Crippen molar-refractivity contribution in [2.45, 2.75) is 152 Å². The number of imide groups is 1. The Balaban J connectivity index is 0.702. The number of aromatic nitrogens is 4. The molecule has 72 heavy (non-hydrogen) atoms. The molecular formula is C56H71N11O5. The summed E-state index contributed by atoms with van der Waals surface area (Å²) in [7, 11) is 0. The molecule has 16 heteroatoms. The lowest BCUT2D eigenvalue weighted by molar-refractivity contribution is -0.144. The predicted molar refractivity (Wildman–Crippen MR) is 275 cm³/mol. The zero-order valence-electron chi connectivity index (χ0n) is 42.2. The number of imidazole rings is 1. The minimum absolute atomic E-state index is 0.116. The summed E-state index contributed by atoms with van der Waals surface area (Å²) in [4.78, 5) is 93.3. The van der Waals surface area contributed by atoms with E-state index in [-0.39, 0.29) is 59.4 Å². The minimum Gasteiger partial charge on any atom is -0.366 e. The number of pyridine rings is 2. The molecule has 0 radical (unpaired) electrons. The summed E-state index contributed by atoms with van der Waals surface area (Å²) in [6.45, 7) is 10.4. The number of benzene rings is 1. The first-order valence-corrected chi connectivity index (χ1v) is 27.5. The van der Waals surface area contributed by atoms with Gasteiger partial charge in [-0.2, -0.15) is 0 Å². The van der Waals surface area contributed by atoms with Gasteiger partial charge in [0.05, 0.1) is 34.8 Å². The molecule has 9 heterocycles. The van der Waals surface area contributed by atoms with Crippen LogP contribution in [0.1, 0.15) is 140 Å². The van der Waals surface area contributed by atoms with E-state index in [9.17, 15) is 19.2 Å². The van der Waals surface area contributed by atoms with Crippen LogP contribution in [0.4, 0.5) is 17.3 Å². The number of carbonyl (C=O) groups excluding carboxylic acids is 5. The molecule has 1 aromatic carbocycles. The van der Waals surface area contributed by atoms with Gasteiger partial charge in [0, 0.05) is 93.7 Å². The maximum atomic E-state index is 15.3. The van der Waals surface area contributed by atoms with E-state index >= 15 is 4.79 Å². The number of amides is 5. The van der Waals surface area contributed by atoms with Crippen molar-refractivity contribution in [2.75, 3.05) is 67.5 Å². The van der Waals surface area contributed by atoms with Crippen LogP contribution < -0.4 is 20.4 Å². The van der Waals surface area contributed by atoms with Gasteiger partial charge in [-0.3, -0.25) is 29.3 Å². The summed E-state index contributed by atoms with van der Waals surface area (Å²) < 4.78 is 2.20. The van der Waals surface area contributed by atoms with E-state index in [1.165, 1.54) is 19.3 Å². The van der Waals surface area contributed by atoms with Crippen molar-refractivity contribution in [1.29, 1.82) is 0 Å². The van der Waals surface area contributed by atoms with E-state index in [0.29, 0.717) is 70.4 Å². The van der Waals surface area contributed by atoms with Crippen LogP contribution in [0.2, 0.25) is 0 Å². The fourth-order valence-electron chi connectivity index (χ4n) is 13.4. The summed E-state index contributed by atoms with van der Waals surface area (Å²) >= 11 is 0. The SMILES string of the molecule is CC(C)n1cnc2cc(-c3ccc4c(c3)N([C@H]3C[C@@H](N5CCCCC5)C3)C(=O)C43CCN(C(=O)[C@H]4CCCN(C(=O)CC5CCN(c6ccc(C7CCC(=O)NC7=O)cn6)CC5)C4)CC3)nc(NC3CC3)c21. The number of carbonyl (C=O) groups is 5. The van der Waals surface area contributed by atoms with Gasteiger partial charge in [-0.25, -0.2) is 15.0 Å². The average molecular weight is 978 g/mol. The normalized spacial score (nSPS) is 26.1.